The lowest BCUT2D eigenvalue weighted by Crippen LogP contribution is -1.97. The van der Waals surface area contributed by atoms with E-state index in [1.807, 2.05) is 0 Å². The number of halogens is 1. The number of aromatic nitrogens is 2. The molecule has 0 aromatic carbocycles. The van der Waals surface area contributed by atoms with Crippen LogP contribution in [-0.4, -0.2) is 16.5 Å². The summed E-state index contributed by atoms with van der Waals surface area (Å²) < 4.78 is 0. The van der Waals surface area contributed by atoms with Crippen molar-refractivity contribution in [1.29, 1.82) is 0 Å². The standard InChI is InChI=1S/C8H9ClN4/c9-8-6(3-1-2-4-10)12-5-7(11)13-8/h5H,2,4,10H2,(H2,11,13). The molecule has 0 fully saturated rings. The molecule has 5 heteroatoms. The van der Waals surface area contributed by atoms with Gasteiger partial charge in [-0.1, -0.05) is 17.5 Å². The van der Waals surface area contributed by atoms with Gasteiger partial charge in [0.15, 0.2) is 10.8 Å². The molecule has 0 spiro atoms. The van der Waals surface area contributed by atoms with Crippen LogP contribution >= 0.6 is 11.6 Å². The first-order chi connectivity index (χ1) is 6.24. The molecule has 0 saturated carbocycles. The molecule has 68 valence electrons. The highest BCUT2D eigenvalue weighted by Gasteiger charge is 1.99. The summed E-state index contributed by atoms with van der Waals surface area (Å²) >= 11 is 5.72. The van der Waals surface area contributed by atoms with Crippen LogP contribution in [0.5, 0.6) is 0 Å². The highest BCUT2D eigenvalue weighted by Crippen LogP contribution is 2.09. The van der Waals surface area contributed by atoms with Crippen molar-refractivity contribution in [2.24, 2.45) is 5.73 Å². The molecule has 0 atom stereocenters. The van der Waals surface area contributed by atoms with Crippen molar-refractivity contribution in [2.45, 2.75) is 6.42 Å². The van der Waals surface area contributed by atoms with Crippen molar-refractivity contribution in [3.63, 3.8) is 0 Å². The van der Waals surface area contributed by atoms with Crippen molar-refractivity contribution in [3.05, 3.63) is 17.0 Å². The van der Waals surface area contributed by atoms with Crippen LogP contribution in [-0.2, 0) is 0 Å². The SMILES string of the molecule is NCCC#Cc1ncc(N)nc1Cl. The predicted molar refractivity (Wildman–Crippen MR) is 52.0 cm³/mol. The maximum atomic E-state index is 5.72. The number of nitrogens with two attached hydrogens (primary N) is 2. The maximum Gasteiger partial charge on any atom is 0.165 e. The Morgan fingerprint density at radius 1 is 1.54 bits per heavy atom. The molecule has 4 N–H and O–H groups in total. The first kappa shape index (κ1) is 9.78. The van der Waals surface area contributed by atoms with Gasteiger partial charge in [-0.2, -0.15) is 0 Å². The molecule has 1 heterocycles. The van der Waals surface area contributed by atoms with Crippen LogP contribution in [0.15, 0.2) is 6.20 Å². The number of nitrogens with zero attached hydrogens (tertiary/aromatic N) is 2. The number of rotatable bonds is 1. The molecule has 1 rings (SSSR count). The van der Waals surface area contributed by atoms with Gasteiger partial charge in [-0.3, -0.25) is 0 Å². The van der Waals surface area contributed by atoms with Crippen molar-refractivity contribution in [2.75, 3.05) is 12.3 Å². The molecular weight excluding hydrogens is 188 g/mol. The van der Waals surface area contributed by atoms with E-state index < -0.39 is 0 Å². The summed E-state index contributed by atoms with van der Waals surface area (Å²) in [5.74, 6) is 5.85. The van der Waals surface area contributed by atoms with Gasteiger partial charge in [-0.05, 0) is 5.92 Å². The summed E-state index contributed by atoms with van der Waals surface area (Å²) in [6.07, 6.45) is 2.03. The van der Waals surface area contributed by atoms with E-state index in [1.54, 1.807) is 0 Å². The molecule has 13 heavy (non-hydrogen) atoms. The Bertz CT molecular complexity index is 353. The molecule has 0 bridgehead atoms. The van der Waals surface area contributed by atoms with E-state index >= 15 is 0 Å². The van der Waals surface area contributed by atoms with Gasteiger partial charge in [0.05, 0.1) is 6.20 Å². The molecule has 0 aliphatic rings. The van der Waals surface area contributed by atoms with Crippen LogP contribution in [0.1, 0.15) is 12.1 Å². The summed E-state index contributed by atoms with van der Waals surface area (Å²) in [7, 11) is 0. The maximum absolute atomic E-state index is 5.72. The van der Waals surface area contributed by atoms with Gasteiger partial charge in [-0.15, -0.1) is 0 Å². The Kier molecular flexibility index (Phi) is 3.50. The quantitative estimate of drug-likeness (QED) is 0.638. The van der Waals surface area contributed by atoms with Crippen LogP contribution < -0.4 is 11.5 Å². The number of hydrogen-bond acceptors (Lipinski definition) is 4. The van der Waals surface area contributed by atoms with Crippen molar-refractivity contribution >= 4 is 17.4 Å². The van der Waals surface area contributed by atoms with Crippen LogP contribution in [0.25, 0.3) is 0 Å². The number of hydrogen-bond donors (Lipinski definition) is 2. The normalized spacial score (nSPS) is 9.08. The molecule has 0 amide bonds. The van der Waals surface area contributed by atoms with Gasteiger partial charge in [0.2, 0.25) is 0 Å². The Labute approximate surface area is 81.3 Å². The fourth-order valence-electron chi connectivity index (χ4n) is 0.681. The summed E-state index contributed by atoms with van der Waals surface area (Å²) in [6.45, 7) is 0.521. The third-order valence-electron chi connectivity index (χ3n) is 1.22. The highest BCUT2D eigenvalue weighted by atomic mass is 35.5. The Morgan fingerprint density at radius 2 is 2.31 bits per heavy atom. The van der Waals surface area contributed by atoms with Crippen molar-refractivity contribution in [3.8, 4) is 11.8 Å². The third-order valence-corrected chi connectivity index (χ3v) is 1.49. The lowest BCUT2D eigenvalue weighted by atomic mass is 10.4. The zero-order chi connectivity index (χ0) is 9.68. The average molecular weight is 197 g/mol. The molecule has 1 aromatic rings. The van der Waals surface area contributed by atoms with Gasteiger partial charge >= 0.3 is 0 Å². The van der Waals surface area contributed by atoms with E-state index in [0.717, 1.165) is 0 Å². The molecule has 0 aliphatic carbocycles. The molecule has 4 nitrogen and oxygen atoms in total. The van der Waals surface area contributed by atoms with Crippen LogP contribution in [0.3, 0.4) is 0 Å². The average Bonchev–Trinajstić information content (AvgIpc) is 2.09. The second-order valence-electron chi connectivity index (χ2n) is 2.27. The summed E-state index contributed by atoms with van der Waals surface area (Å²) in [4.78, 5) is 7.72. The minimum absolute atomic E-state index is 0.226. The highest BCUT2D eigenvalue weighted by molar-refractivity contribution is 6.30. The molecule has 0 saturated heterocycles. The van der Waals surface area contributed by atoms with E-state index in [-0.39, 0.29) is 11.0 Å². The molecule has 1 aromatic heterocycles. The topological polar surface area (TPSA) is 77.8 Å². The first-order valence-electron chi connectivity index (χ1n) is 3.71. The van der Waals surface area contributed by atoms with Gasteiger partial charge in [-0.25, -0.2) is 9.97 Å². The van der Waals surface area contributed by atoms with Gasteiger partial charge in [0.25, 0.3) is 0 Å². The zero-order valence-electron chi connectivity index (χ0n) is 6.92. The van der Waals surface area contributed by atoms with Crippen molar-refractivity contribution in [1.82, 2.24) is 9.97 Å². The second kappa shape index (κ2) is 4.65. The van der Waals surface area contributed by atoms with Crippen LogP contribution in [0.2, 0.25) is 5.15 Å². The monoisotopic (exact) mass is 196 g/mol. The van der Waals surface area contributed by atoms with E-state index in [9.17, 15) is 0 Å². The van der Waals surface area contributed by atoms with E-state index in [2.05, 4.69) is 21.8 Å². The number of nitrogen functional groups attached to an aromatic ring is 1. The first-order valence-corrected chi connectivity index (χ1v) is 4.09. The van der Waals surface area contributed by atoms with Crippen LogP contribution in [0, 0.1) is 11.8 Å². The minimum atomic E-state index is 0.226. The van der Waals surface area contributed by atoms with Crippen LogP contribution in [0.4, 0.5) is 5.82 Å². The fraction of sp³-hybridized carbons (Fsp3) is 0.250. The Balaban J connectivity index is 2.85. The molecule has 0 unspecified atom stereocenters. The predicted octanol–water partition coefficient (Wildman–Crippen LogP) is 0.413. The molecule has 0 radical (unpaired) electrons. The summed E-state index contributed by atoms with van der Waals surface area (Å²) in [5, 5.41) is 0.226. The third kappa shape index (κ3) is 2.90. The van der Waals surface area contributed by atoms with E-state index in [0.29, 0.717) is 18.7 Å². The second-order valence-corrected chi connectivity index (χ2v) is 2.63. The van der Waals surface area contributed by atoms with Crippen molar-refractivity contribution < 1.29 is 0 Å². The largest absolute Gasteiger partial charge is 0.382 e. The lowest BCUT2D eigenvalue weighted by Gasteiger charge is -1.94. The Hall–Kier alpha value is -1.31. The van der Waals surface area contributed by atoms with Gasteiger partial charge < -0.3 is 11.5 Å². The summed E-state index contributed by atoms with van der Waals surface area (Å²) in [5.41, 5.74) is 11.1. The van der Waals surface area contributed by atoms with Gasteiger partial charge in [0.1, 0.15) is 5.82 Å². The summed E-state index contributed by atoms with van der Waals surface area (Å²) in [6, 6.07) is 0. The van der Waals surface area contributed by atoms with Gasteiger partial charge in [0, 0.05) is 13.0 Å². The molecular formula is C8H9ClN4. The fourth-order valence-corrected chi connectivity index (χ4v) is 0.875. The zero-order valence-corrected chi connectivity index (χ0v) is 7.67. The smallest absolute Gasteiger partial charge is 0.165 e. The Morgan fingerprint density at radius 3 is 2.92 bits per heavy atom. The van der Waals surface area contributed by atoms with E-state index in [1.165, 1.54) is 6.20 Å². The molecule has 0 aliphatic heterocycles. The minimum Gasteiger partial charge on any atom is -0.382 e. The van der Waals surface area contributed by atoms with E-state index in [4.69, 9.17) is 23.1 Å². The number of anilines is 1. The lowest BCUT2D eigenvalue weighted by molar-refractivity contribution is 1.03.